The van der Waals surface area contributed by atoms with Gasteiger partial charge in [0.15, 0.2) is 0 Å². The number of fused-ring (bicyclic) bond motifs is 1. The highest BCUT2D eigenvalue weighted by molar-refractivity contribution is 5.90. The molecule has 1 atom stereocenters. The van der Waals surface area contributed by atoms with Crippen LogP contribution in [0.2, 0.25) is 0 Å². The van der Waals surface area contributed by atoms with Crippen molar-refractivity contribution in [2.45, 2.75) is 57.7 Å². The fourth-order valence-corrected chi connectivity index (χ4v) is 2.87. The Morgan fingerprint density at radius 3 is 2.84 bits per heavy atom. The summed E-state index contributed by atoms with van der Waals surface area (Å²) >= 11 is 0. The summed E-state index contributed by atoms with van der Waals surface area (Å²) in [5.74, 6) is 1.03. The van der Waals surface area contributed by atoms with Gasteiger partial charge < -0.3 is 20.4 Å². The molecule has 2 aromatic rings. The molecule has 3 N–H and O–H groups in total. The number of rotatable bonds is 5. The largest absolute Gasteiger partial charge is 0.444 e. The zero-order valence-corrected chi connectivity index (χ0v) is 15.0. The van der Waals surface area contributed by atoms with Crippen LogP contribution in [0.3, 0.4) is 0 Å². The highest BCUT2D eigenvalue weighted by Crippen LogP contribution is 2.44. The van der Waals surface area contributed by atoms with Gasteiger partial charge in [-0.3, -0.25) is 0 Å². The number of nitrogen functional groups attached to an aromatic ring is 1. The molecule has 0 radical (unpaired) electrons. The molecule has 25 heavy (non-hydrogen) atoms. The minimum Gasteiger partial charge on any atom is -0.444 e. The molecule has 7 nitrogen and oxygen atoms in total. The Hall–Kier alpha value is -2.57. The van der Waals surface area contributed by atoms with Crippen LogP contribution in [-0.2, 0) is 11.3 Å². The summed E-state index contributed by atoms with van der Waals surface area (Å²) in [4.78, 5) is 20.5. The number of carbonyl (C=O) groups is 1. The average Bonchev–Trinajstić information content (AvgIpc) is 3.28. The van der Waals surface area contributed by atoms with Gasteiger partial charge in [-0.2, -0.15) is 0 Å². The number of hydrogen-bond donors (Lipinski definition) is 2. The molecule has 1 aliphatic rings. The number of nitrogens with two attached hydrogens (primary N) is 1. The van der Waals surface area contributed by atoms with Crippen LogP contribution in [0.5, 0.6) is 0 Å². The number of anilines is 1. The van der Waals surface area contributed by atoms with Crippen LogP contribution in [-0.4, -0.2) is 32.3 Å². The zero-order valence-electron chi connectivity index (χ0n) is 15.0. The summed E-state index contributed by atoms with van der Waals surface area (Å²) in [6, 6.07) is -0.284. The van der Waals surface area contributed by atoms with Crippen molar-refractivity contribution in [3.8, 4) is 0 Å². The van der Waals surface area contributed by atoms with E-state index in [0.29, 0.717) is 18.3 Å². The first-order chi connectivity index (χ1) is 11.8. The normalized spacial score (nSPS) is 15.8. The molecule has 0 spiro atoms. The van der Waals surface area contributed by atoms with Crippen molar-refractivity contribution in [2.24, 2.45) is 0 Å². The summed E-state index contributed by atoms with van der Waals surface area (Å²) in [5.41, 5.74) is 7.50. The van der Waals surface area contributed by atoms with Gasteiger partial charge in [0, 0.05) is 12.7 Å². The molecule has 1 saturated carbocycles. The monoisotopic (exact) mass is 343 g/mol. The van der Waals surface area contributed by atoms with Crippen LogP contribution in [0.4, 0.5) is 10.6 Å². The number of nitrogens with zero attached hydrogens (tertiary/aromatic N) is 3. The molecule has 1 amide bonds. The molecule has 0 bridgehead atoms. The second-order valence-electron chi connectivity index (χ2n) is 7.46. The predicted octanol–water partition coefficient (Wildman–Crippen LogP) is 2.97. The number of nitrogens with one attached hydrogen (secondary N) is 1. The third kappa shape index (κ3) is 3.92. The van der Waals surface area contributed by atoms with E-state index in [1.54, 1.807) is 6.08 Å². The average molecular weight is 343 g/mol. The maximum atomic E-state index is 12.0. The Balaban J connectivity index is 1.83. The highest BCUT2D eigenvalue weighted by atomic mass is 16.6. The lowest BCUT2D eigenvalue weighted by atomic mass is 10.1. The zero-order chi connectivity index (χ0) is 18.2. The van der Waals surface area contributed by atoms with Crippen LogP contribution in [0.25, 0.3) is 11.0 Å². The van der Waals surface area contributed by atoms with Gasteiger partial charge in [0.05, 0.1) is 11.4 Å². The quantitative estimate of drug-likeness (QED) is 0.814. The number of aromatic nitrogens is 3. The molecule has 0 unspecified atom stereocenters. The van der Waals surface area contributed by atoms with Gasteiger partial charge in [0.25, 0.3) is 0 Å². The third-order valence-electron chi connectivity index (χ3n) is 4.11. The van der Waals surface area contributed by atoms with Gasteiger partial charge in [-0.25, -0.2) is 14.8 Å². The van der Waals surface area contributed by atoms with Gasteiger partial charge in [-0.05, 0) is 45.1 Å². The third-order valence-corrected chi connectivity index (χ3v) is 4.11. The van der Waals surface area contributed by atoms with Crippen LogP contribution in [0.15, 0.2) is 25.2 Å². The van der Waals surface area contributed by atoms with Gasteiger partial charge in [0.2, 0.25) is 0 Å². The van der Waals surface area contributed by atoms with Crippen LogP contribution >= 0.6 is 0 Å². The van der Waals surface area contributed by atoms with Crippen molar-refractivity contribution in [1.82, 2.24) is 19.9 Å². The van der Waals surface area contributed by atoms with E-state index in [1.165, 1.54) is 11.9 Å². The van der Waals surface area contributed by atoms with E-state index in [9.17, 15) is 4.79 Å². The van der Waals surface area contributed by atoms with Gasteiger partial charge >= 0.3 is 6.09 Å². The molecule has 2 aromatic heterocycles. The highest BCUT2D eigenvalue weighted by Gasteiger charge is 2.29. The number of hydrogen-bond acceptors (Lipinski definition) is 5. The molecule has 0 saturated heterocycles. The van der Waals surface area contributed by atoms with Crippen molar-refractivity contribution in [1.29, 1.82) is 0 Å². The first kappa shape index (κ1) is 17.3. The molecule has 134 valence electrons. The topological polar surface area (TPSA) is 95.1 Å². The minimum absolute atomic E-state index is 0.284. The van der Waals surface area contributed by atoms with Crippen molar-refractivity contribution < 1.29 is 9.53 Å². The lowest BCUT2D eigenvalue weighted by Crippen LogP contribution is -2.40. The molecule has 7 heteroatoms. The Labute approximate surface area is 147 Å². The summed E-state index contributed by atoms with van der Waals surface area (Å²) < 4.78 is 7.32. The number of amides is 1. The standard InChI is InChI=1S/C18H25N5O2/c1-5-12(22-17(24)25-18(2,3)4)8-23-9-13(11-6-7-11)14-15(19)20-10-21-16(14)23/h5,9-12H,1,6-8H2,2-4H3,(H,22,24)(H2,19,20,21)/t12-/m0/s1. The van der Waals surface area contributed by atoms with E-state index >= 15 is 0 Å². The fourth-order valence-electron chi connectivity index (χ4n) is 2.87. The van der Waals surface area contributed by atoms with Gasteiger partial charge in [-0.15, -0.1) is 6.58 Å². The number of ether oxygens (including phenoxy) is 1. The maximum Gasteiger partial charge on any atom is 0.408 e. The lowest BCUT2D eigenvalue weighted by Gasteiger charge is -2.22. The van der Waals surface area contributed by atoms with Gasteiger partial charge in [-0.1, -0.05) is 6.08 Å². The molecule has 2 heterocycles. The Kier molecular flexibility index (Phi) is 4.41. The molecule has 0 aliphatic heterocycles. The predicted molar refractivity (Wildman–Crippen MR) is 97.3 cm³/mol. The van der Waals surface area contributed by atoms with Crippen LogP contribution < -0.4 is 11.1 Å². The van der Waals surface area contributed by atoms with E-state index in [0.717, 1.165) is 23.9 Å². The lowest BCUT2D eigenvalue weighted by molar-refractivity contribution is 0.0511. The van der Waals surface area contributed by atoms with Crippen molar-refractivity contribution >= 4 is 22.9 Å². The number of alkyl carbamates (subject to hydrolysis) is 1. The van der Waals surface area contributed by atoms with E-state index < -0.39 is 11.7 Å². The smallest absolute Gasteiger partial charge is 0.408 e. The maximum absolute atomic E-state index is 12.0. The van der Waals surface area contributed by atoms with E-state index in [4.69, 9.17) is 10.5 Å². The summed E-state index contributed by atoms with van der Waals surface area (Å²) in [6.45, 7) is 9.81. The Morgan fingerprint density at radius 1 is 1.52 bits per heavy atom. The fraction of sp³-hybridized carbons (Fsp3) is 0.500. The van der Waals surface area contributed by atoms with Crippen molar-refractivity contribution in [3.63, 3.8) is 0 Å². The molecular weight excluding hydrogens is 318 g/mol. The number of carbonyl (C=O) groups excluding carboxylic acids is 1. The van der Waals surface area contributed by atoms with E-state index in [-0.39, 0.29) is 6.04 Å². The Morgan fingerprint density at radius 2 is 2.24 bits per heavy atom. The first-order valence-corrected chi connectivity index (χ1v) is 8.50. The second-order valence-corrected chi connectivity index (χ2v) is 7.46. The minimum atomic E-state index is -0.545. The Bertz CT molecular complexity index is 802. The molecule has 3 rings (SSSR count). The first-order valence-electron chi connectivity index (χ1n) is 8.50. The van der Waals surface area contributed by atoms with Crippen LogP contribution in [0, 0.1) is 0 Å². The van der Waals surface area contributed by atoms with Crippen molar-refractivity contribution in [3.05, 3.63) is 30.7 Å². The molecule has 1 aliphatic carbocycles. The second kappa shape index (κ2) is 6.38. The SMILES string of the molecule is C=C[C@@H](Cn1cc(C2CC2)c2c(N)ncnc21)NC(=O)OC(C)(C)C. The molecular formula is C18H25N5O2. The van der Waals surface area contributed by atoms with Crippen molar-refractivity contribution in [2.75, 3.05) is 5.73 Å². The summed E-state index contributed by atoms with van der Waals surface area (Å²) in [6.07, 6.45) is 7.08. The summed E-state index contributed by atoms with van der Waals surface area (Å²) in [7, 11) is 0. The van der Waals surface area contributed by atoms with E-state index in [1.807, 2.05) is 25.3 Å². The van der Waals surface area contributed by atoms with Crippen LogP contribution in [0.1, 0.15) is 45.1 Å². The van der Waals surface area contributed by atoms with E-state index in [2.05, 4.69) is 28.1 Å². The van der Waals surface area contributed by atoms with Gasteiger partial charge in [0.1, 0.15) is 23.4 Å². The summed E-state index contributed by atoms with van der Waals surface area (Å²) in [5, 5.41) is 3.75. The molecule has 0 aromatic carbocycles. The molecule has 1 fully saturated rings.